The first-order valence-electron chi connectivity index (χ1n) is 8.02. The second-order valence-electron chi connectivity index (χ2n) is 6.03. The normalized spacial score (nSPS) is 11.1. The minimum atomic E-state index is -0.424. The predicted molar refractivity (Wildman–Crippen MR) is 101 cm³/mol. The second-order valence-corrected chi connectivity index (χ2v) is 6.43. The number of aromatic amines is 1. The van der Waals surface area contributed by atoms with Crippen LogP contribution in [0.5, 0.6) is 0 Å². The smallest absolute Gasteiger partial charge is 0.183 e. The zero-order chi connectivity index (χ0) is 18.3. The SMILES string of the molecule is Cc1cc(Nc2[nH]nc3ncc(F)cc23)nc(-c2ccccc2Cl)c1C. The topological polar surface area (TPSA) is 66.5 Å². The summed E-state index contributed by atoms with van der Waals surface area (Å²) in [5.41, 5.74) is 4.20. The molecule has 0 spiro atoms. The summed E-state index contributed by atoms with van der Waals surface area (Å²) < 4.78 is 13.5. The van der Waals surface area contributed by atoms with Gasteiger partial charge < -0.3 is 5.32 Å². The minimum absolute atomic E-state index is 0.424. The van der Waals surface area contributed by atoms with Crippen molar-refractivity contribution in [2.24, 2.45) is 0 Å². The Balaban J connectivity index is 1.80. The van der Waals surface area contributed by atoms with Crippen LogP contribution in [0, 0.1) is 19.7 Å². The molecule has 1 aromatic carbocycles. The van der Waals surface area contributed by atoms with Crippen molar-refractivity contribution in [3.8, 4) is 11.3 Å². The molecule has 0 aliphatic rings. The van der Waals surface area contributed by atoms with Crippen molar-refractivity contribution in [2.45, 2.75) is 13.8 Å². The Morgan fingerprint density at radius 1 is 1.15 bits per heavy atom. The van der Waals surface area contributed by atoms with Crippen LogP contribution in [0.3, 0.4) is 0 Å². The molecule has 0 amide bonds. The number of hydrogen-bond donors (Lipinski definition) is 2. The van der Waals surface area contributed by atoms with E-state index < -0.39 is 5.82 Å². The van der Waals surface area contributed by atoms with Crippen LogP contribution in [0.1, 0.15) is 11.1 Å². The number of fused-ring (bicyclic) bond motifs is 1. The molecule has 0 aliphatic heterocycles. The summed E-state index contributed by atoms with van der Waals surface area (Å²) in [6, 6.07) is 10.9. The Kier molecular flexibility index (Phi) is 4.05. The van der Waals surface area contributed by atoms with E-state index >= 15 is 0 Å². The highest BCUT2D eigenvalue weighted by Crippen LogP contribution is 2.32. The molecule has 3 aromatic heterocycles. The molecule has 4 aromatic rings. The molecule has 7 heteroatoms. The Bertz CT molecular complexity index is 1120. The third kappa shape index (κ3) is 2.88. The van der Waals surface area contributed by atoms with Gasteiger partial charge in [0.2, 0.25) is 0 Å². The fourth-order valence-corrected chi connectivity index (χ4v) is 3.04. The third-order valence-corrected chi connectivity index (χ3v) is 4.62. The molecule has 3 heterocycles. The summed E-state index contributed by atoms with van der Waals surface area (Å²) in [6.07, 6.45) is 1.14. The number of anilines is 2. The van der Waals surface area contributed by atoms with Crippen molar-refractivity contribution >= 4 is 34.3 Å². The Hall–Kier alpha value is -2.99. The van der Waals surface area contributed by atoms with E-state index in [0.29, 0.717) is 27.7 Å². The summed E-state index contributed by atoms with van der Waals surface area (Å²) >= 11 is 6.35. The van der Waals surface area contributed by atoms with E-state index in [-0.39, 0.29) is 0 Å². The van der Waals surface area contributed by atoms with Crippen molar-refractivity contribution in [1.82, 2.24) is 20.2 Å². The average molecular weight is 368 g/mol. The molecular formula is C19H15ClFN5. The minimum Gasteiger partial charge on any atom is -0.325 e. The first kappa shape index (κ1) is 16.5. The summed E-state index contributed by atoms with van der Waals surface area (Å²) in [6.45, 7) is 4.02. The molecule has 2 N–H and O–H groups in total. The number of pyridine rings is 2. The number of aryl methyl sites for hydroxylation is 1. The van der Waals surface area contributed by atoms with E-state index in [2.05, 4.69) is 20.5 Å². The monoisotopic (exact) mass is 367 g/mol. The van der Waals surface area contributed by atoms with Crippen LogP contribution < -0.4 is 5.32 Å². The van der Waals surface area contributed by atoms with Crippen molar-refractivity contribution in [2.75, 3.05) is 5.32 Å². The van der Waals surface area contributed by atoms with E-state index in [1.54, 1.807) is 0 Å². The maximum atomic E-state index is 13.5. The quantitative estimate of drug-likeness (QED) is 0.524. The number of benzene rings is 1. The number of rotatable bonds is 3. The first-order chi connectivity index (χ1) is 12.5. The molecule has 0 saturated heterocycles. The van der Waals surface area contributed by atoms with Crippen molar-refractivity contribution in [1.29, 1.82) is 0 Å². The summed E-state index contributed by atoms with van der Waals surface area (Å²) in [4.78, 5) is 8.67. The van der Waals surface area contributed by atoms with E-state index in [0.717, 1.165) is 28.6 Å². The van der Waals surface area contributed by atoms with Gasteiger partial charge in [-0.25, -0.2) is 14.4 Å². The highest BCUT2D eigenvalue weighted by Gasteiger charge is 2.13. The van der Waals surface area contributed by atoms with E-state index in [9.17, 15) is 4.39 Å². The van der Waals surface area contributed by atoms with Crippen molar-refractivity contribution in [3.05, 3.63) is 64.6 Å². The number of nitrogens with zero attached hydrogens (tertiary/aromatic N) is 3. The molecule has 0 saturated carbocycles. The Morgan fingerprint density at radius 2 is 1.96 bits per heavy atom. The predicted octanol–water partition coefficient (Wildman–Crippen LogP) is 5.17. The molecule has 0 unspecified atom stereocenters. The maximum Gasteiger partial charge on any atom is 0.183 e. The second kappa shape index (κ2) is 6.38. The van der Waals surface area contributed by atoms with Crippen LogP contribution in [0.15, 0.2) is 42.6 Å². The molecule has 130 valence electrons. The van der Waals surface area contributed by atoms with Crippen molar-refractivity contribution in [3.63, 3.8) is 0 Å². The van der Waals surface area contributed by atoms with Crippen LogP contribution in [0.2, 0.25) is 5.02 Å². The van der Waals surface area contributed by atoms with Gasteiger partial charge in [-0.1, -0.05) is 29.8 Å². The van der Waals surface area contributed by atoms with Gasteiger partial charge in [-0.05, 0) is 43.2 Å². The molecule has 0 atom stereocenters. The van der Waals surface area contributed by atoms with Crippen LogP contribution in [-0.2, 0) is 0 Å². The molecule has 5 nitrogen and oxygen atoms in total. The number of aromatic nitrogens is 4. The van der Waals surface area contributed by atoms with E-state index in [4.69, 9.17) is 16.6 Å². The molecule has 0 fully saturated rings. The first-order valence-corrected chi connectivity index (χ1v) is 8.40. The summed E-state index contributed by atoms with van der Waals surface area (Å²) in [5.74, 6) is 0.720. The molecule has 0 radical (unpaired) electrons. The number of halogens is 2. The van der Waals surface area contributed by atoms with Crippen molar-refractivity contribution < 1.29 is 4.39 Å². The van der Waals surface area contributed by atoms with E-state index in [1.165, 1.54) is 6.07 Å². The summed E-state index contributed by atoms with van der Waals surface area (Å²) in [7, 11) is 0. The lowest BCUT2D eigenvalue weighted by atomic mass is 10.0. The maximum absolute atomic E-state index is 13.5. The lowest BCUT2D eigenvalue weighted by Crippen LogP contribution is -2.00. The molecule has 0 aliphatic carbocycles. The van der Waals surface area contributed by atoms with Gasteiger partial charge in [0.15, 0.2) is 5.65 Å². The lowest BCUT2D eigenvalue weighted by Gasteiger charge is -2.13. The van der Waals surface area contributed by atoms with Crippen LogP contribution in [0.25, 0.3) is 22.3 Å². The molecular weight excluding hydrogens is 353 g/mol. The van der Waals surface area contributed by atoms with Gasteiger partial charge in [0.05, 0.1) is 17.3 Å². The fourth-order valence-electron chi connectivity index (χ4n) is 2.81. The van der Waals surface area contributed by atoms with E-state index in [1.807, 2.05) is 44.2 Å². The lowest BCUT2D eigenvalue weighted by molar-refractivity contribution is 0.624. The fraction of sp³-hybridized carbons (Fsp3) is 0.105. The van der Waals surface area contributed by atoms with Gasteiger partial charge in [0.25, 0.3) is 0 Å². The molecule has 26 heavy (non-hydrogen) atoms. The highest BCUT2D eigenvalue weighted by molar-refractivity contribution is 6.33. The van der Waals surface area contributed by atoms with Gasteiger partial charge in [-0.2, -0.15) is 5.10 Å². The summed E-state index contributed by atoms with van der Waals surface area (Å²) in [5, 5.41) is 11.3. The van der Waals surface area contributed by atoms with Gasteiger partial charge >= 0.3 is 0 Å². The Labute approximate surface area is 154 Å². The Morgan fingerprint density at radius 3 is 2.77 bits per heavy atom. The van der Waals surface area contributed by atoms with Crippen LogP contribution >= 0.6 is 11.6 Å². The van der Waals surface area contributed by atoms with Gasteiger partial charge in [-0.15, -0.1) is 0 Å². The van der Waals surface area contributed by atoms with Crippen LogP contribution in [0.4, 0.5) is 16.0 Å². The zero-order valence-electron chi connectivity index (χ0n) is 14.1. The largest absolute Gasteiger partial charge is 0.325 e. The number of nitrogens with one attached hydrogen (secondary N) is 2. The molecule has 4 rings (SSSR count). The standard InChI is InChI=1S/C19H15ClFN5/c1-10-7-16(23-17(11(10)2)13-5-3-4-6-15(13)20)24-19-14-8-12(21)9-22-18(14)25-26-19/h3-9H,1-2H3,(H2,22,23,24,25,26). The van der Waals surface area contributed by atoms with Gasteiger partial charge in [0.1, 0.15) is 17.5 Å². The highest BCUT2D eigenvalue weighted by atomic mass is 35.5. The molecule has 0 bridgehead atoms. The van der Waals surface area contributed by atoms with Gasteiger partial charge in [0, 0.05) is 10.6 Å². The number of hydrogen-bond acceptors (Lipinski definition) is 4. The number of H-pyrrole nitrogens is 1. The average Bonchev–Trinajstić information content (AvgIpc) is 3.01. The van der Waals surface area contributed by atoms with Crippen LogP contribution in [-0.4, -0.2) is 20.2 Å². The third-order valence-electron chi connectivity index (χ3n) is 4.29. The zero-order valence-corrected chi connectivity index (χ0v) is 14.9. The van der Waals surface area contributed by atoms with Gasteiger partial charge in [-0.3, -0.25) is 5.10 Å².